The summed E-state index contributed by atoms with van der Waals surface area (Å²) in [7, 11) is 2.27. The monoisotopic (exact) mass is 284 g/mol. The maximum Gasteiger partial charge on any atom is 0.0546 e. The molecule has 1 aliphatic rings. The zero-order valence-corrected chi connectivity index (χ0v) is 14.6. The molecule has 1 N–H and O–H groups in total. The Hall–Kier alpha value is -0.120. The van der Waals surface area contributed by atoms with Crippen LogP contribution in [0.15, 0.2) is 0 Å². The third kappa shape index (κ3) is 6.11. The van der Waals surface area contributed by atoms with Crippen LogP contribution in [0.4, 0.5) is 0 Å². The summed E-state index contributed by atoms with van der Waals surface area (Å²) in [6.45, 7) is 15.4. The van der Waals surface area contributed by atoms with Crippen molar-refractivity contribution in [1.29, 1.82) is 0 Å². The van der Waals surface area contributed by atoms with Crippen LogP contribution in [0.1, 0.15) is 60.3 Å². The van der Waals surface area contributed by atoms with Crippen molar-refractivity contribution in [1.82, 2.24) is 10.2 Å². The summed E-state index contributed by atoms with van der Waals surface area (Å²) in [6, 6.07) is 0.661. The third-order valence-corrected chi connectivity index (χ3v) is 4.44. The molecule has 3 heteroatoms. The summed E-state index contributed by atoms with van der Waals surface area (Å²) in [5, 5.41) is 3.70. The van der Waals surface area contributed by atoms with Gasteiger partial charge in [0.2, 0.25) is 0 Å². The van der Waals surface area contributed by atoms with Gasteiger partial charge in [0.25, 0.3) is 0 Å². The van der Waals surface area contributed by atoms with E-state index < -0.39 is 0 Å². The molecule has 0 spiro atoms. The number of nitrogens with zero attached hydrogens (tertiary/aromatic N) is 1. The van der Waals surface area contributed by atoms with E-state index in [4.69, 9.17) is 4.74 Å². The van der Waals surface area contributed by atoms with E-state index in [2.05, 4.69) is 51.9 Å². The maximum absolute atomic E-state index is 5.82. The van der Waals surface area contributed by atoms with E-state index in [1.807, 2.05) is 0 Å². The lowest BCUT2D eigenvalue weighted by Crippen LogP contribution is -2.53. The summed E-state index contributed by atoms with van der Waals surface area (Å²) < 4.78 is 5.82. The first-order valence-corrected chi connectivity index (χ1v) is 8.31. The minimum absolute atomic E-state index is 0.179. The van der Waals surface area contributed by atoms with Crippen molar-refractivity contribution in [3.8, 4) is 0 Å². The lowest BCUT2D eigenvalue weighted by Gasteiger charge is -2.43. The fraction of sp³-hybridized carbons (Fsp3) is 1.00. The molecule has 1 heterocycles. The van der Waals surface area contributed by atoms with Crippen LogP contribution in [0, 0.1) is 5.41 Å². The molecule has 0 aliphatic carbocycles. The minimum Gasteiger partial charge on any atom is -0.381 e. The van der Waals surface area contributed by atoms with Crippen LogP contribution in [0.25, 0.3) is 0 Å². The van der Waals surface area contributed by atoms with Crippen molar-refractivity contribution in [2.75, 3.05) is 33.4 Å². The first-order valence-electron chi connectivity index (χ1n) is 8.31. The predicted octanol–water partition coefficient (Wildman–Crippen LogP) is 3.29. The molecule has 2 unspecified atom stereocenters. The molecule has 0 aromatic carbocycles. The molecule has 20 heavy (non-hydrogen) atoms. The molecule has 2 atom stereocenters. The van der Waals surface area contributed by atoms with Gasteiger partial charge in [-0.25, -0.2) is 0 Å². The second-order valence-electron chi connectivity index (χ2n) is 7.81. The average Bonchev–Trinajstić information content (AvgIpc) is 2.37. The van der Waals surface area contributed by atoms with Crippen LogP contribution in [0.2, 0.25) is 0 Å². The van der Waals surface area contributed by atoms with Gasteiger partial charge in [-0.1, -0.05) is 13.3 Å². The molecule has 0 aromatic heterocycles. The largest absolute Gasteiger partial charge is 0.381 e. The third-order valence-electron chi connectivity index (χ3n) is 4.44. The highest BCUT2D eigenvalue weighted by Crippen LogP contribution is 2.30. The topological polar surface area (TPSA) is 24.5 Å². The van der Waals surface area contributed by atoms with Crippen molar-refractivity contribution in [2.24, 2.45) is 5.41 Å². The van der Waals surface area contributed by atoms with Gasteiger partial charge in [0.15, 0.2) is 0 Å². The molecular formula is C17H36N2O. The molecule has 1 saturated heterocycles. The summed E-state index contributed by atoms with van der Waals surface area (Å²) >= 11 is 0. The van der Waals surface area contributed by atoms with Gasteiger partial charge in [-0.3, -0.25) is 0 Å². The zero-order chi connectivity index (χ0) is 15.2. The van der Waals surface area contributed by atoms with Gasteiger partial charge >= 0.3 is 0 Å². The van der Waals surface area contributed by atoms with E-state index in [0.717, 1.165) is 26.3 Å². The highest BCUT2D eigenvalue weighted by atomic mass is 16.5. The second-order valence-corrected chi connectivity index (χ2v) is 7.81. The molecule has 0 amide bonds. The van der Waals surface area contributed by atoms with Crippen molar-refractivity contribution < 1.29 is 4.74 Å². The number of ether oxygens (including phenoxy) is 1. The summed E-state index contributed by atoms with van der Waals surface area (Å²) in [5.74, 6) is 0. The van der Waals surface area contributed by atoms with Gasteiger partial charge < -0.3 is 15.0 Å². The Morgan fingerprint density at radius 3 is 2.55 bits per heavy atom. The van der Waals surface area contributed by atoms with Crippen LogP contribution in [0.3, 0.4) is 0 Å². The van der Waals surface area contributed by atoms with Crippen LogP contribution in [-0.2, 0) is 4.74 Å². The number of hydrogen-bond donors (Lipinski definition) is 1. The van der Waals surface area contributed by atoms with Gasteiger partial charge in [0, 0.05) is 36.7 Å². The van der Waals surface area contributed by atoms with Gasteiger partial charge in [0.1, 0.15) is 0 Å². The normalized spacial score (nSPS) is 25.9. The molecule has 1 fully saturated rings. The highest BCUT2D eigenvalue weighted by Gasteiger charge is 2.35. The van der Waals surface area contributed by atoms with Gasteiger partial charge in [0.05, 0.1) is 6.61 Å². The fourth-order valence-corrected chi connectivity index (χ4v) is 3.01. The summed E-state index contributed by atoms with van der Waals surface area (Å²) in [6.07, 6.45) is 5.01. The molecule has 0 saturated carbocycles. The maximum atomic E-state index is 5.82. The molecule has 0 bridgehead atoms. The molecule has 120 valence electrons. The van der Waals surface area contributed by atoms with E-state index in [0.29, 0.717) is 6.04 Å². The Morgan fingerprint density at radius 2 is 2.05 bits per heavy atom. The highest BCUT2D eigenvalue weighted by molar-refractivity contribution is 4.89. The van der Waals surface area contributed by atoms with Crippen LogP contribution in [-0.4, -0.2) is 49.8 Å². The van der Waals surface area contributed by atoms with Crippen LogP contribution < -0.4 is 5.32 Å². The standard InChI is InChI=1S/C17H36N2O/c1-7-9-15(2)19(6)13-17(10-8-11-20-14-17)12-18-16(3,4)5/h15,18H,7-14H2,1-6H3. The Kier molecular flexibility index (Phi) is 6.96. The summed E-state index contributed by atoms with van der Waals surface area (Å²) in [5.41, 5.74) is 0.459. The molecular weight excluding hydrogens is 248 g/mol. The Labute approximate surface area is 126 Å². The van der Waals surface area contributed by atoms with Crippen molar-refractivity contribution >= 4 is 0 Å². The van der Waals surface area contributed by atoms with E-state index in [1.165, 1.54) is 25.7 Å². The van der Waals surface area contributed by atoms with Crippen LogP contribution in [0.5, 0.6) is 0 Å². The zero-order valence-electron chi connectivity index (χ0n) is 14.6. The smallest absolute Gasteiger partial charge is 0.0546 e. The van der Waals surface area contributed by atoms with E-state index >= 15 is 0 Å². The van der Waals surface area contributed by atoms with Gasteiger partial charge in [-0.05, 0) is 54.0 Å². The van der Waals surface area contributed by atoms with Crippen molar-refractivity contribution in [2.45, 2.75) is 71.9 Å². The van der Waals surface area contributed by atoms with E-state index in [1.54, 1.807) is 0 Å². The van der Waals surface area contributed by atoms with Crippen LogP contribution >= 0.6 is 0 Å². The SMILES string of the molecule is CCCC(C)N(C)CC1(CNC(C)(C)C)CCCOC1. The fourth-order valence-electron chi connectivity index (χ4n) is 3.01. The van der Waals surface area contributed by atoms with Crippen molar-refractivity contribution in [3.05, 3.63) is 0 Å². The van der Waals surface area contributed by atoms with E-state index in [-0.39, 0.29) is 11.0 Å². The molecule has 0 aromatic rings. The molecule has 0 radical (unpaired) electrons. The lowest BCUT2D eigenvalue weighted by atomic mass is 9.81. The quantitative estimate of drug-likeness (QED) is 0.776. The van der Waals surface area contributed by atoms with Gasteiger partial charge in [-0.15, -0.1) is 0 Å². The second kappa shape index (κ2) is 7.77. The number of rotatable bonds is 7. The number of nitrogens with one attached hydrogen (secondary N) is 1. The minimum atomic E-state index is 0.179. The molecule has 1 aliphatic heterocycles. The molecule has 3 nitrogen and oxygen atoms in total. The Bertz CT molecular complexity index is 267. The first kappa shape index (κ1) is 17.9. The number of hydrogen-bond acceptors (Lipinski definition) is 3. The predicted molar refractivity (Wildman–Crippen MR) is 87.2 cm³/mol. The Morgan fingerprint density at radius 1 is 1.35 bits per heavy atom. The lowest BCUT2D eigenvalue weighted by molar-refractivity contribution is -0.0303. The average molecular weight is 284 g/mol. The summed E-state index contributed by atoms with van der Waals surface area (Å²) in [4.78, 5) is 2.53. The van der Waals surface area contributed by atoms with E-state index in [9.17, 15) is 0 Å². The van der Waals surface area contributed by atoms with Crippen molar-refractivity contribution in [3.63, 3.8) is 0 Å². The Balaban J connectivity index is 2.63. The van der Waals surface area contributed by atoms with Gasteiger partial charge in [-0.2, -0.15) is 0 Å². The molecule has 1 rings (SSSR count). The first-order chi connectivity index (χ1) is 9.28.